The highest BCUT2D eigenvalue weighted by molar-refractivity contribution is 7.88. The van der Waals surface area contributed by atoms with Crippen LogP contribution in [0.4, 0.5) is 5.69 Å². The number of nitrogens with zero attached hydrogens (tertiary/aromatic N) is 3. The fraction of sp³-hybridized carbons (Fsp3) is 0.394. The predicted molar refractivity (Wildman–Crippen MR) is 174 cm³/mol. The molecule has 0 spiro atoms. The standard InChI is InChI=1S/C33H40ClN5O4S/c1-23(37(2)44(3,42)43)28-10-6-7-11-31(28)38-16-18-39(19-17-38)33(41)30(20-24-12-14-27(34)15-13-24)36-32(40)29-21-25-8-4-5-9-26(25)22-35-29/h4-15,23,29-30,35H,16-22H2,1-3H3,(H,36,40). The van der Waals surface area contributed by atoms with Crippen molar-refractivity contribution in [2.24, 2.45) is 0 Å². The highest BCUT2D eigenvalue weighted by Crippen LogP contribution is 2.31. The van der Waals surface area contributed by atoms with Crippen LogP contribution >= 0.6 is 11.6 Å². The summed E-state index contributed by atoms with van der Waals surface area (Å²) < 4.78 is 25.8. The molecule has 0 radical (unpaired) electrons. The first-order valence-corrected chi connectivity index (χ1v) is 17.1. The maximum absolute atomic E-state index is 14.0. The Hall–Kier alpha value is -3.44. The second-order valence-corrected chi connectivity index (χ2v) is 14.1. The largest absolute Gasteiger partial charge is 0.368 e. The summed E-state index contributed by atoms with van der Waals surface area (Å²) in [7, 11) is -1.79. The van der Waals surface area contributed by atoms with Crippen LogP contribution in [-0.2, 0) is 39.0 Å². The number of benzene rings is 3. The van der Waals surface area contributed by atoms with Gasteiger partial charge in [-0.05, 0) is 53.8 Å². The molecule has 2 amide bonds. The van der Waals surface area contributed by atoms with Gasteiger partial charge in [0.15, 0.2) is 0 Å². The Kier molecular flexibility index (Phi) is 9.94. The van der Waals surface area contributed by atoms with Gasteiger partial charge in [-0.2, -0.15) is 4.31 Å². The zero-order valence-corrected chi connectivity index (χ0v) is 26.9. The summed E-state index contributed by atoms with van der Waals surface area (Å²) in [5.41, 5.74) is 5.10. The quantitative estimate of drug-likeness (QED) is 0.373. The lowest BCUT2D eigenvalue weighted by molar-refractivity contribution is -0.137. The van der Waals surface area contributed by atoms with Gasteiger partial charge < -0.3 is 20.4 Å². The minimum absolute atomic E-state index is 0.123. The second kappa shape index (κ2) is 13.7. The lowest BCUT2D eigenvalue weighted by atomic mass is 9.95. The summed E-state index contributed by atoms with van der Waals surface area (Å²) in [6, 6.07) is 21.7. The Labute approximate surface area is 265 Å². The van der Waals surface area contributed by atoms with Crippen LogP contribution in [0.5, 0.6) is 0 Å². The Bertz CT molecular complexity index is 1590. The molecule has 2 heterocycles. The molecular weight excluding hydrogens is 598 g/mol. The molecule has 2 aliphatic rings. The van der Waals surface area contributed by atoms with Crippen molar-refractivity contribution in [2.45, 2.75) is 44.4 Å². The monoisotopic (exact) mass is 637 g/mol. The smallest absolute Gasteiger partial charge is 0.245 e. The van der Waals surface area contributed by atoms with Gasteiger partial charge in [-0.3, -0.25) is 9.59 Å². The van der Waals surface area contributed by atoms with Gasteiger partial charge in [0.1, 0.15) is 6.04 Å². The Morgan fingerprint density at radius 2 is 1.61 bits per heavy atom. The molecule has 11 heteroatoms. The SMILES string of the molecule is CC(c1ccccc1N1CCN(C(=O)C(Cc2ccc(Cl)cc2)NC(=O)C2Cc3ccccc3CN2)CC1)N(C)S(C)(=O)=O. The maximum Gasteiger partial charge on any atom is 0.245 e. The number of nitrogens with one attached hydrogen (secondary N) is 2. The number of hydrogen-bond donors (Lipinski definition) is 2. The number of sulfonamides is 1. The lowest BCUT2D eigenvalue weighted by Gasteiger charge is -2.39. The van der Waals surface area contributed by atoms with E-state index in [9.17, 15) is 18.0 Å². The molecule has 2 aliphatic heterocycles. The first-order valence-electron chi connectivity index (χ1n) is 14.9. The normalized spacial score (nSPS) is 18.4. The summed E-state index contributed by atoms with van der Waals surface area (Å²) in [5, 5.41) is 7.00. The van der Waals surface area contributed by atoms with Crippen molar-refractivity contribution in [2.75, 3.05) is 44.4 Å². The van der Waals surface area contributed by atoms with E-state index >= 15 is 0 Å². The van der Waals surface area contributed by atoms with Gasteiger partial charge in [-0.25, -0.2) is 8.42 Å². The number of carbonyl (C=O) groups is 2. The first kappa shape index (κ1) is 32.0. The predicted octanol–water partition coefficient (Wildman–Crippen LogP) is 3.38. The van der Waals surface area contributed by atoms with E-state index in [0.29, 0.717) is 50.6 Å². The molecule has 0 aliphatic carbocycles. The third-order valence-electron chi connectivity index (χ3n) is 8.75. The number of halogens is 1. The van der Waals surface area contributed by atoms with Crippen molar-refractivity contribution in [3.63, 3.8) is 0 Å². The van der Waals surface area contributed by atoms with E-state index in [1.54, 1.807) is 19.2 Å². The van der Waals surface area contributed by atoms with Gasteiger partial charge in [-0.15, -0.1) is 0 Å². The molecule has 0 saturated carbocycles. The van der Waals surface area contributed by atoms with Crippen molar-refractivity contribution in [1.29, 1.82) is 0 Å². The van der Waals surface area contributed by atoms with Crippen LogP contribution in [0.2, 0.25) is 5.02 Å². The molecule has 9 nitrogen and oxygen atoms in total. The first-order chi connectivity index (χ1) is 21.0. The molecule has 2 N–H and O–H groups in total. The molecule has 0 aromatic heterocycles. The number of carbonyl (C=O) groups excluding carboxylic acids is 2. The molecule has 5 rings (SSSR count). The fourth-order valence-corrected chi connectivity index (χ4v) is 6.78. The van der Waals surface area contributed by atoms with Crippen LogP contribution in [0.3, 0.4) is 0 Å². The van der Waals surface area contributed by atoms with E-state index in [1.165, 1.54) is 16.1 Å². The molecule has 3 atom stereocenters. The van der Waals surface area contributed by atoms with Gasteiger partial charge in [-0.1, -0.05) is 66.2 Å². The highest BCUT2D eigenvalue weighted by atomic mass is 35.5. The number of para-hydroxylation sites is 1. The molecule has 0 bridgehead atoms. The summed E-state index contributed by atoms with van der Waals surface area (Å²) in [6.07, 6.45) is 2.12. The minimum atomic E-state index is -3.37. The van der Waals surface area contributed by atoms with E-state index in [2.05, 4.69) is 21.6 Å². The van der Waals surface area contributed by atoms with E-state index in [4.69, 9.17) is 11.6 Å². The van der Waals surface area contributed by atoms with E-state index < -0.39 is 22.1 Å². The molecule has 3 aromatic rings. The van der Waals surface area contributed by atoms with Gasteiger partial charge in [0, 0.05) is 62.9 Å². The summed E-state index contributed by atoms with van der Waals surface area (Å²) >= 11 is 6.10. The molecular formula is C33H40ClN5O4S. The van der Waals surface area contributed by atoms with E-state index in [0.717, 1.165) is 22.4 Å². The van der Waals surface area contributed by atoms with Gasteiger partial charge in [0.25, 0.3) is 0 Å². The number of piperazine rings is 1. The Morgan fingerprint density at radius 3 is 2.30 bits per heavy atom. The zero-order chi connectivity index (χ0) is 31.4. The Morgan fingerprint density at radius 1 is 0.977 bits per heavy atom. The average molecular weight is 638 g/mol. The number of amides is 2. The van der Waals surface area contributed by atoms with Crippen LogP contribution in [0.25, 0.3) is 0 Å². The van der Waals surface area contributed by atoms with Crippen LogP contribution in [0, 0.1) is 0 Å². The van der Waals surface area contributed by atoms with Crippen molar-refractivity contribution in [1.82, 2.24) is 19.8 Å². The molecule has 234 valence electrons. The molecule has 3 aromatic carbocycles. The van der Waals surface area contributed by atoms with Crippen LogP contribution < -0.4 is 15.5 Å². The third-order valence-corrected chi connectivity index (χ3v) is 10.4. The van der Waals surface area contributed by atoms with Gasteiger partial charge in [0.2, 0.25) is 21.8 Å². The summed E-state index contributed by atoms with van der Waals surface area (Å²) in [4.78, 5) is 31.5. The molecule has 1 saturated heterocycles. The fourth-order valence-electron chi connectivity index (χ4n) is 5.97. The minimum Gasteiger partial charge on any atom is -0.368 e. The van der Waals surface area contributed by atoms with Crippen LogP contribution in [-0.4, -0.2) is 81.0 Å². The van der Waals surface area contributed by atoms with E-state index in [-0.39, 0.29) is 17.9 Å². The van der Waals surface area contributed by atoms with Gasteiger partial charge >= 0.3 is 0 Å². The summed E-state index contributed by atoms with van der Waals surface area (Å²) in [5.74, 6) is -0.314. The van der Waals surface area contributed by atoms with Gasteiger partial charge in [0.05, 0.1) is 12.3 Å². The second-order valence-electron chi connectivity index (χ2n) is 11.6. The van der Waals surface area contributed by atoms with Crippen molar-refractivity contribution >= 4 is 39.1 Å². The molecule has 44 heavy (non-hydrogen) atoms. The van der Waals surface area contributed by atoms with E-state index in [1.807, 2.05) is 66.4 Å². The molecule has 1 fully saturated rings. The van der Waals surface area contributed by atoms with Crippen molar-refractivity contribution in [3.05, 3.63) is 100 Å². The topological polar surface area (TPSA) is 102 Å². The zero-order valence-electron chi connectivity index (χ0n) is 25.4. The van der Waals surface area contributed by atoms with Crippen LogP contribution in [0.15, 0.2) is 72.8 Å². The Balaban J connectivity index is 1.29. The van der Waals surface area contributed by atoms with Crippen molar-refractivity contribution in [3.8, 4) is 0 Å². The highest BCUT2D eigenvalue weighted by Gasteiger charge is 2.33. The third kappa shape index (κ3) is 7.43. The number of rotatable bonds is 9. The summed E-state index contributed by atoms with van der Waals surface area (Å²) in [6.45, 7) is 4.61. The number of anilines is 1. The number of fused-ring (bicyclic) bond motifs is 1. The lowest BCUT2D eigenvalue weighted by Crippen LogP contribution is -2.58. The molecule has 3 unspecified atom stereocenters. The van der Waals surface area contributed by atoms with Crippen molar-refractivity contribution < 1.29 is 18.0 Å². The average Bonchev–Trinajstić information content (AvgIpc) is 3.03. The maximum atomic E-state index is 14.0. The number of hydrogen-bond acceptors (Lipinski definition) is 6. The van der Waals surface area contributed by atoms with Crippen LogP contribution in [0.1, 0.15) is 35.2 Å².